The number of anilines is 2. The Morgan fingerprint density at radius 1 is 1.26 bits per heavy atom. The summed E-state index contributed by atoms with van der Waals surface area (Å²) >= 11 is 6.14. The predicted octanol–water partition coefficient (Wildman–Crippen LogP) is 3.18. The summed E-state index contributed by atoms with van der Waals surface area (Å²) in [5.41, 5.74) is 1.90. The molecule has 1 N–H and O–H groups in total. The molecule has 3 aromatic rings. The van der Waals surface area contributed by atoms with Crippen LogP contribution in [0.15, 0.2) is 42.9 Å². The first kappa shape index (κ1) is 14.9. The summed E-state index contributed by atoms with van der Waals surface area (Å²) in [5.74, 6) is 0.357. The monoisotopic (exact) mass is 330 g/mol. The maximum atomic E-state index is 10.7. The van der Waals surface area contributed by atoms with Crippen LogP contribution in [-0.4, -0.2) is 24.7 Å². The summed E-state index contributed by atoms with van der Waals surface area (Å²) < 4.78 is 1.65. The van der Waals surface area contributed by atoms with Crippen LogP contribution in [0, 0.1) is 10.1 Å². The maximum Gasteiger partial charge on any atom is 0.269 e. The third-order valence-corrected chi connectivity index (χ3v) is 3.33. The van der Waals surface area contributed by atoms with Gasteiger partial charge in [0.2, 0.25) is 5.95 Å². The number of aromatic nitrogens is 4. The molecule has 1 aromatic carbocycles. The summed E-state index contributed by atoms with van der Waals surface area (Å²) in [6, 6.07) is 6.00. The standard InChI is InChI=1S/C14H11ClN6O2/c1-20-8-10(6-17-20)18-14-16-7-12(15)13(19-14)9-2-4-11(5-3-9)21(22)23/h2-8H,1H3,(H,16,18,19). The van der Waals surface area contributed by atoms with Gasteiger partial charge in [0.1, 0.15) is 0 Å². The van der Waals surface area contributed by atoms with Crippen LogP contribution in [-0.2, 0) is 7.05 Å². The first-order valence-corrected chi connectivity index (χ1v) is 6.94. The van der Waals surface area contributed by atoms with Crippen LogP contribution in [0.5, 0.6) is 0 Å². The molecule has 2 aromatic heterocycles. The van der Waals surface area contributed by atoms with Gasteiger partial charge in [0.25, 0.3) is 5.69 Å². The number of hydrogen-bond acceptors (Lipinski definition) is 6. The molecule has 0 aliphatic carbocycles. The molecule has 0 fully saturated rings. The fourth-order valence-corrected chi connectivity index (χ4v) is 2.19. The number of nitro benzene ring substituents is 1. The molecule has 0 aliphatic heterocycles. The largest absolute Gasteiger partial charge is 0.321 e. The highest BCUT2D eigenvalue weighted by atomic mass is 35.5. The Labute approximate surface area is 135 Å². The van der Waals surface area contributed by atoms with E-state index in [2.05, 4.69) is 20.4 Å². The minimum atomic E-state index is -0.458. The van der Waals surface area contributed by atoms with E-state index < -0.39 is 4.92 Å². The number of nitrogens with one attached hydrogen (secondary N) is 1. The maximum absolute atomic E-state index is 10.7. The van der Waals surface area contributed by atoms with Crippen LogP contribution in [0.4, 0.5) is 17.3 Å². The predicted molar refractivity (Wildman–Crippen MR) is 85.6 cm³/mol. The topological polar surface area (TPSA) is 98.8 Å². The zero-order valence-electron chi connectivity index (χ0n) is 12.0. The van der Waals surface area contributed by atoms with Crippen molar-refractivity contribution in [3.63, 3.8) is 0 Å². The normalized spacial score (nSPS) is 10.5. The molecule has 0 spiro atoms. The Morgan fingerprint density at radius 2 is 2.00 bits per heavy atom. The minimum Gasteiger partial charge on any atom is -0.321 e. The Hall–Kier alpha value is -3.00. The van der Waals surface area contributed by atoms with Gasteiger partial charge in [0.15, 0.2) is 0 Å². The van der Waals surface area contributed by atoms with Gasteiger partial charge >= 0.3 is 0 Å². The molecule has 9 heteroatoms. The van der Waals surface area contributed by atoms with Crippen molar-refractivity contribution in [1.82, 2.24) is 19.7 Å². The van der Waals surface area contributed by atoms with Gasteiger partial charge in [-0.25, -0.2) is 9.97 Å². The van der Waals surface area contributed by atoms with E-state index >= 15 is 0 Å². The van der Waals surface area contributed by atoms with Crippen molar-refractivity contribution in [3.8, 4) is 11.3 Å². The highest BCUT2D eigenvalue weighted by molar-refractivity contribution is 6.32. The third-order valence-electron chi connectivity index (χ3n) is 3.06. The smallest absolute Gasteiger partial charge is 0.269 e. The summed E-state index contributed by atoms with van der Waals surface area (Å²) in [4.78, 5) is 18.7. The van der Waals surface area contributed by atoms with E-state index in [1.54, 1.807) is 36.3 Å². The number of benzene rings is 1. The third kappa shape index (κ3) is 3.27. The average Bonchev–Trinajstić information content (AvgIpc) is 2.94. The summed E-state index contributed by atoms with van der Waals surface area (Å²) in [7, 11) is 1.80. The molecule has 116 valence electrons. The van der Waals surface area contributed by atoms with E-state index in [4.69, 9.17) is 11.6 Å². The van der Waals surface area contributed by atoms with E-state index in [0.29, 0.717) is 22.2 Å². The minimum absolute atomic E-state index is 0.00707. The van der Waals surface area contributed by atoms with Crippen molar-refractivity contribution in [1.29, 1.82) is 0 Å². The lowest BCUT2D eigenvalue weighted by atomic mass is 10.1. The highest BCUT2D eigenvalue weighted by Gasteiger charge is 2.11. The van der Waals surface area contributed by atoms with Crippen LogP contribution in [0.3, 0.4) is 0 Å². The SMILES string of the molecule is Cn1cc(Nc2ncc(Cl)c(-c3ccc([N+](=O)[O-])cc3)n2)cn1. The van der Waals surface area contributed by atoms with Gasteiger partial charge < -0.3 is 5.32 Å². The van der Waals surface area contributed by atoms with Crippen molar-refractivity contribution >= 4 is 28.9 Å². The molecule has 0 unspecified atom stereocenters. The van der Waals surface area contributed by atoms with Crippen molar-refractivity contribution in [2.75, 3.05) is 5.32 Å². The van der Waals surface area contributed by atoms with Gasteiger partial charge in [-0.3, -0.25) is 14.8 Å². The molecule has 23 heavy (non-hydrogen) atoms. The average molecular weight is 331 g/mol. The highest BCUT2D eigenvalue weighted by Crippen LogP contribution is 2.28. The molecular weight excluding hydrogens is 320 g/mol. The molecule has 2 heterocycles. The number of aryl methyl sites for hydroxylation is 1. The Bertz CT molecular complexity index is 862. The van der Waals surface area contributed by atoms with Gasteiger partial charge in [-0.15, -0.1) is 0 Å². The molecule has 0 atom stereocenters. The lowest BCUT2D eigenvalue weighted by Gasteiger charge is -2.07. The zero-order chi connectivity index (χ0) is 16.4. The fraction of sp³-hybridized carbons (Fsp3) is 0.0714. The second-order valence-electron chi connectivity index (χ2n) is 4.72. The van der Waals surface area contributed by atoms with Crippen LogP contribution in [0.2, 0.25) is 5.02 Å². The molecular formula is C14H11ClN6O2. The van der Waals surface area contributed by atoms with Gasteiger partial charge in [-0.05, 0) is 12.1 Å². The zero-order valence-corrected chi connectivity index (χ0v) is 12.7. The number of rotatable bonds is 4. The van der Waals surface area contributed by atoms with Crippen molar-refractivity contribution in [3.05, 3.63) is 58.0 Å². The molecule has 3 rings (SSSR count). The first-order chi connectivity index (χ1) is 11.0. The number of nitrogens with zero attached hydrogens (tertiary/aromatic N) is 5. The van der Waals surface area contributed by atoms with E-state index in [1.165, 1.54) is 18.3 Å². The van der Waals surface area contributed by atoms with E-state index in [0.717, 1.165) is 5.69 Å². The first-order valence-electron chi connectivity index (χ1n) is 6.56. The van der Waals surface area contributed by atoms with E-state index in [9.17, 15) is 10.1 Å². The quantitative estimate of drug-likeness (QED) is 0.582. The molecule has 0 radical (unpaired) electrons. The number of nitro groups is 1. The molecule has 0 bridgehead atoms. The molecule has 0 saturated carbocycles. The fourth-order valence-electron chi connectivity index (χ4n) is 1.99. The molecule has 8 nitrogen and oxygen atoms in total. The Morgan fingerprint density at radius 3 is 2.61 bits per heavy atom. The lowest BCUT2D eigenvalue weighted by molar-refractivity contribution is -0.384. The Balaban J connectivity index is 1.92. The van der Waals surface area contributed by atoms with Crippen LogP contribution >= 0.6 is 11.6 Å². The van der Waals surface area contributed by atoms with E-state index in [1.807, 2.05) is 0 Å². The number of halogens is 1. The summed E-state index contributed by atoms with van der Waals surface area (Å²) in [6.45, 7) is 0. The Kier molecular flexibility index (Phi) is 3.90. The lowest BCUT2D eigenvalue weighted by Crippen LogP contribution is -1.98. The van der Waals surface area contributed by atoms with Crippen molar-refractivity contribution in [2.24, 2.45) is 7.05 Å². The molecule has 0 saturated heterocycles. The van der Waals surface area contributed by atoms with Crippen molar-refractivity contribution in [2.45, 2.75) is 0 Å². The van der Waals surface area contributed by atoms with Gasteiger partial charge in [-0.2, -0.15) is 5.10 Å². The van der Waals surface area contributed by atoms with Gasteiger partial charge in [-0.1, -0.05) is 11.6 Å². The second kappa shape index (κ2) is 6.01. The van der Waals surface area contributed by atoms with Gasteiger partial charge in [0, 0.05) is 30.9 Å². The number of non-ortho nitro benzene ring substituents is 1. The summed E-state index contributed by atoms with van der Waals surface area (Å²) in [6.07, 6.45) is 4.90. The molecule has 0 amide bonds. The molecule has 0 aliphatic rings. The van der Waals surface area contributed by atoms with Gasteiger partial charge in [0.05, 0.1) is 33.7 Å². The van der Waals surface area contributed by atoms with Crippen LogP contribution < -0.4 is 5.32 Å². The van der Waals surface area contributed by atoms with Crippen LogP contribution in [0.1, 0.15) is 0 Å². The number of hydrogen-bond donors (Lipinski definition) is 1. The second-order valence-corrected chi connectivity index (χ2v) is 5.13. The van der Waals surface area contributed by atoms with E-state index in [-0.39, 0.29) is 5.69 Å². The summed E-state index contributed by atoms with van der Waals surface area (Å²) in [5, 5.41) is 18.1. The van der Waals surface area contributed by atoms with Crippen LogP contribution in [0.25, 0.3) is 11.3 Å². The van der Waals surface area contributed by atoms with Crippen molar-refractivity contribution < 1.29 is 4.92 Å².